The zero-order valence-corrected chi connectivity index (χ0v) is 23.8. The van der Waals surface area contributed by atoms with Gasteiger partial charge in [0.15, 0.2) is 6.29 Å². The van der Waals surface area contributed by atoms with Crippen LogP contribution in [0.5, 0.6) is 0 Å². The molecule has 2 saturated carbocycles. The molecule has 0 bridgehead atoms. The van der Waals surface area contributed by atoms with Crippen LogP contribution >= 0.6 is 0 Å². The van der Waals surface area contributed by atoms with Crippen molar-refractivity contribution in [3.63, 3.8) is 0 Å². The molecule has 42 heavy (non-hydrogen) atoms. The van der Waals surface area contributed by atoms with Crippen molar-refractivity contribution >= 4 is 5.91 Å². The van der Waals surface area contributed by atoms with Crippen LogP contribution < -0.4 is 33.6 Å². The Bertz CT molecular complexity index is 885. The second-order valence-electron chi connectivity index (χ2n) is 12.4. The minimum atomic E-state index is -1.67. The highest BCUT2D eigenvalue weighted by Crippen LogP contribution is 2.37. The number of hydrogen-bond donors (Lipinski definition) is 12. The number of hydrogen-bond acceptors (Lipinski definition) is 15. The summed E-state index contributed by atoms with van der Waals surface area (Å²) in [5.74, 6) is -1.43. The quantitative estimate of drug-likeness (QED) is 0.0975. The van der Waals surface area contributed by atoms with Gasteiger partial charge in [-0.3, -0.25) is 4.79 Å². The van der Waals surface area contributed by atoms with Crippen molar-refractivity contribution < 1.29 is 49.6 Å². The van der Waals surface area contributed by atoms with E-state index in [2.05, 4.69) is 10.6 Å². The molecule has 16 nitrogen and oxygen atoms in total. The molecule has 0 radical (unpaired) electrons. The molecule has 2 aliphatic carbocycles. The Morgan fingerprint density at radius 3 is 2.33 bits per heavy atom. The molecule has 16 N–H and O–H groups in total. The zero-order valence-electron chi connectivity index (χ0n) is 23.8. The second kappa shape index (κ2) is 14.3. The molecule has 2 saturated heterocycles. The van der Waals surface area contributed by atoms with Gasteiger partial charge >= 0.3 is 0 Å². The number of carbonyl (C=O) groups is 1. The van der Waals surface area contributed by atoms with Crippen LogP contribution in [0.3, 0.4) is 0 Å². The van der Waals surface area contributed by atoms with Crippen LogP contribution in [-0.4, -0.2) is 148 Å². The summed E-state index contributed by atoms with van der Waals surface area (Å²) in [7, 11) is 0. The Balaban J connectivity index is 1.54. The number of carbonyl (C=O) groups excluding carboxylic acids is 1. The number of aliphatic hydroxyl groups is 6. The topological polar surface area (TPSA) is 294 Å². The van der Waals surface area contributed by atoms with Crippen LogP contribution in [0.15, 0.2) is 0 Å². The van der Waals surface area contributed by atoms with Gasteiger partial charge in [0.05, 0.1) is 37.0 Å². The first kappa shape index (κ1) is 33.8. The summed E-state index contributed by atoms with van der Waals surface area (Å²) >= 11 is 0. The molecular formula is C26H50N6O10. The average Bonchev–Trinajstić information content (AvgIpc) is 2.93. The van der Waals surface area contributed by atoms with Gasteiger partial charge in [0.2, 0.25) is 0 Å². The molecule has 4 fully saturated rings. The van der Waals surface area contributed by atoms with E-state index in [0.29, 0.717) is 32.4 Å². The van der Waals surface area contributed by atoms with Crippen molar-refractivity contribution in [3.8, 4) is 0 Å². The fraction of sp³-hybridized carbons (Fsp3) is 0.962. The van der Waals surface area contributed by atoms with Crippen LogP contribution in [0, 0.1) is 5.92 Å². The van der Waals surface area contributed by atoms with Gasteiger partial charge in [-0.2, -0.15) is 0 Å². The van der Waals surface area contributed by atoms with Gasteiger partial charge < -0.3 is 78.4 Å². The number of amides is 1. The lowest BCUT2D eigenvalue weighted by molar-refractivity contribution is -0.306. The maximum Gasteiger partial charge on any atom is 0.252 e. The van der Waals surface area contributed by atoms with Gasteiger partial charge in [0, 0.05) is 50.0 Å². The summed E-state index contributed by atoms with van der Waals surface area (Å²) in [5, 5.41) is 68.1. The number of ether oxygens (including phenoxy) is 3. The highest BCUT2D eigenvalue weighted by molar-refractivity contribution is 5.86. The molecule has 0 aromatic carbocycles. The summed E-state index contributed by atoms with van der Waals surface area (Å²) in [6, 6.07) is -3.62. The second-order valence-corrected chi connectivity index (χ2v) is 12.4. The third kappa shape index (κ3) is 7.24. The van der Waals surface area contributed by atoms with Crippen molar-refractivity contribution in [2.75, 3.05) is 26.3 Å². The van der Waals surface area contributed by atoms with Crippen LogP contribution in [0.1, 0.15) is 38.5 Å². The van der Waals surface area contributed by atoms with Crippen molar-refractivity contribution in [3.05, 3.63) is 0 Å². The van der Waals surface area contributed by atoms with Crippen LogP contribution in [0.4, 0.5) is 0 Å². The van der Waals surface area contributed by atoms with Crippen LogP contribution in [-0.2, 0) is 19.0 Å². The van der Waals surface area contributed by atoms with E-state index in [4.69, 9.17) is 42.3 Å². The normalized spacial score (nSPS) is 48.0. The molecule has 4 aliphatic rings. The fourth-order valence-electron chi connectivity index (χ4n) is 6.66. The lowest BCUT2D eigenvalue weighted by atomic mass is 9.71. The van der Waals surface area contributed by atoms with Gasteiger partial charge in [-0.15, -0.1) is 0 Å². The molecule has 2 heterocycles. The molecule has 13 atom stereocenters. The largest absolute Gasteiger partial charge is 0.396 e. The Kier molecular flexibility index (Phi) is 11.5. The summed E-state index contributed by atoms with van der Waals surface area (Å²) in [4.78, 5) is 13.1. The standard InChI is InChI=1S/C26H50N6O10/c27-11-7-26(39,8-11)25(38)32-15-6-14(29)17(22-13(28)3-2-12(40-22)9-31-4-1-5-33)20(36)23(15)42-24-21(37)18(30)19(35)16(10-34)41-24/h11-24,31,33-37,39H,1-10,27-30H2,(H,32,38). The predicted molar refractivity (Wildman–Crippen MR) is 147 cm³/mol. The average molecular weight is 607 g/mol. The van der Waals surface area contributed by atoms with Crippen molar-refractivity contribution in [2.24, 2.45) is 28.9 Å². The number of aliphatic hydroxyl groups excluding tert-OH is 5. The highest BCUT2D eigenvalue weighted by atomic mass is 16.7. The zero-order chi connectivity index (χ0) is 30.8. The summed E-state index contributed by atoms with van der Waals surface area (Å²) in [6.45, 7) is 0.600. The molecule has 1 amide bonds. The molecule has 244 valence electrons. The van der Waals surface area contributed by atoms with Crippen molar-refractivity contribution in [1.82, 2.24) is 10.6 Å². The summed E-state index contributed by atoms with van der Waals surface area (Å²) in [5.41, 5.74) is 23.2. The van der Waals surface area contributed by atoms with E-state index in [1.807, 2.05) is 0 Å². The molecular weight excluding hydrogens is 556 g/mol. The van der Waals surface area contributed by atoms with E-state index in [1.165, 1.54) is 0 Å². The molecule has 4 rings (SSSR count). The lowest BCUT2D eigenvalue weighted by Crippen LogP contribution is -2.70. The van der Waals surface area contributed by atoms with Crippen molar-refractivity contribution in [1.29, 1.82) is 0 Å². The molecule has 0 spiro atoms. The fourth-order valence-corrected chi connectivity index (χ4v) is 6.66. The van der Waals surface area contributed by atoms with Crippen LogP contribution in [0.25, 0.3) is 0 Å². The SMILES string of the molecule is NC1CC(O)(C(=O)NC2CC(N)C(C3OC(CNCCCO)CCC3N)C(O)C2OC2OC(CO)C(O)C(N)C2O)C1. The van der Waals surface area contributed by atoms with Gasteiger partial charge in [0.25, 0.3) is 5.91 Å². The van der Waals surface area contributed by atoms with E-state index in [1.54, 1.807) is 0 Å². The Morgan fingerprint density at radius 1 is 0.976 bits per heavy atom. The molecule has 0 aromatic heterocycles. The van der Waals surface area contributed by atoms with Gasteiger partial charge in [-0.05, 0) is 32.2 Å². The van der Waals surface area contributed by atoms with Crippen LogP contribution in [0.2, 0.25) is 0 Å². The highest BCUT2D eigenvalue weighted by Gasteiger charge is 2.55. The minimum Gasteiger partial charge on any atom is -0.396 e. The maximum atomic E-state index is 13.1. The minimum absolute atomic E-state index is 0.0702. The van der Waals surface area contributed by atoms with E-state index in [0.717, 1.165) is 0 Å². The predicted octanol–water partition coefficient (Wildman–Crippen LogP) is -5.97. The number of nitrogens with two attached hydrogens (primary N) is 4. The maximum absolute atomic E-state index is 13.1. The monoisotopic (exact) mass is 606 g/mol. The first-order chi connectivity index (χ1) is 19.9. The molecule has 0 aromatic rings. The summed E-state index contributed by atoms with van der Waals surface area (Å²) in [6.07, 6.45) is -6.87. The van der Waals surface area contributed by atoms with E-state index in [-0.39, 0.29) is 38.0 Å². The molecule has 16 heteroatoms. The van der Waals surface area contributed by atoms with E-state index < -0.39 is 91.1 Å². The Morgan fingerprint density at radius 2 is 1.69 bits per heavy atom. The Labute approximate surface area is 245 Å². The Hall–Kier alpha value is -1.09. The lowest BCUT2D eigenvalue weighted by Gasteiger charge is -2.51. The smallest absolute Gasteiger partial charge is 0.252 e. The molecule has 13 unspecified atom stereocenters. The summed E-state index contributed by atoms with van der Waals surface area (Å²) < 4.78 is 18.0. The number of nitrogens with one attached hydrogen (secondary N) is 2. The first-order valence-corrected chi connectivity index (χ1v) is 14.9. The van der Waals surface area contributed by atoms with E-state index >= 15 is 0 Å². The van der Waals surface area contributed by atoms with Gasteiger partial charge in [-0.1, -0.05) is 0 Å². The van der Waals surface area contributed by atoms with Gasteiger partial charge in [-0.25, -0.2) is 0 Å². The van der Waals surface area contributed by atoms with Gasteiger partial charge in [0.1, 0.15) is 30.0 Å². The third-order valence-electron chi connectivity index (χ3n) is 9.17. The number of rotatable bonds is 11. The van der Waals surface area contributed by atoms with E-state index in [9.17, 15) is 30.3 Å². The third-order valence-corrected chi connectivity index (χ3v) is 9.17. The first-order valence-electron chi connectivity index (χ1n) is 14.9. The molecule has 2 aliphatic heterocycles. The van der Waals surface area contributed by atoms with Crippen molar-refractivity contribution in [2.45, 2.75) is 123 Å².